The number of benzene rings is 1. The Morgan fingerprint density at radius 1 is 1.32 bits per heavy atom. The summed E-state index contributed by atoms with van der Waals surface area (Å²) in [5.41, 5.74) is 5.48. The number of sulfone groups is 1. The Morgan fingerprint density at radius 3 is 2.56 bits per heavy atom. The fourth-order valence-corrected chi connectivity index (χ4v) is 3.64. The van der Waals surface area contributed by atoms with Crippen LogP contribution < -0.4 is 10.5 Å². The number of hydrogen-bond acceptors (Lipinski definition) is 5. The van der Waals surface area contributed by atoms with Gasteiger partial charge in [-0.1, -0.05) is 18.9 Å². The van der Waals surface area contributed by atoms with Crippen LogP contribution in [0.4, 0.5) is 0 Å². The SMILES string of the molecule is CN(CCCOc1cccc(S(C)(=O)=O)c1)C(=O)C1(N)CCCC1.Cl. The summed E-state index contributed by atoms with van der Waals surface area (Å²) in [7, 11) is -1.48. The lowest BCUT2D eigenvalue weighted by atomic mass is 9.97. The van der Waals surface area contributed by atoms with E-state index in [9.17, 15) is 13.2 Å². The number of likely N-dealkylation sites (N-methyl/N-ethyl adjacent to an activating group) is 1. The zero-order chi connectivity index (χ0) is 17.8. The quantitative estimate of drug-likeness (QED) is 0.719. The minimum atomic E-state index is -3.24. The topological polar surface area (TPSA) is 89.7 Å². The number of halogens is 1. The molecule has 0 aliphatic heterocycles. The summed E-state index contributed by atoms with van der Waals surface area (Å²) in [5, 5.41) is 0. The van der Waals surface area contributed by atoms with Crippen LogP contribution in [0.5, 0.6) is 5.75 Å². The van der Waals surface area contributed by atoms with Gasteiger partial charge in [0, 0.05) is 19.8 Å². The molecule has 2 rings (SSSR count). The van der Waals surface area contributed by atoms with Gasteiger partial charge in [0.2, 0.25) is 5.91 Å². The van der Waals surface area contributed by atoms with Gasteiger partial charge in [0.25, 0.3) is 0 Å². The van der Waals surface area contributed by atoms with Crippen LogP contribution in [-0.2, 0) is 14.6 Å². The lowest BCUT2D eigenvalue weighted by molar-refractivity contribution is -0.135. The molecule has 1 fully saturated rings. The third-order valence-electron chi connectivity index (χ3n) is 4.41. The van der Waals surface area contributed by atoms with E-state index in [1.54, 1.807) is 24.1 Å². The van der Waals surface area contributed by atoms with Crippen LogP contribution in [0.1, 0.15) is 32.1 Å². The van der Waals surface area contributed by atoms with E-state index in [4.69, 9.17) is 10.5 Å². The first-order valence-electron chi connectivity index (χ1n) is 8.20. The maximum absolute atomic E-state index is 12.4. The Balaban J connectivity index is 0.00000312. The Bertz CT molecular complexity index is 688. The van der Waals surface area contributed by atoms with Crippen molar-refractivity contribution in [1.29, 1.82) is 0 Å². The number of carbonyl (C=O) groups is 1. The van der Waals surface area contributed by atoms with Crippen molar-refractivity contribution in [3.05, 3.63) is 24.3 Å². The number of rotatable bonds is 7. The second-order valence-electron chi connectivity index (χ2n) is 6.54. The second-order valence-corrected chi connectivity index (χ2v) is 8.55. The molecule has 142 valence electrons. The maximum atomic E-state index is 12.4. The molecule has 0 spiro atoms. The van der Waals surface area contributed by atoms with Crippen LogP contribution in [0.2, 0.25) is 0 Å². The molecular formula is C17H27ClN2O4S. The molecule has 1 aliphatic rings. The molecule has 0 heterocycles. The van der Waals surface area contributed by atoms with Crippen molar-refractivity contribution in [2.45, 2.75) is 42.5 Å². The Morgan fingerprint density at radius 2 is 1.96 bits per heavy atom. The first-order chi connectivity index (χ1) is 11.2. The highest BCUT2D eigenvalue weighted by Crippen LogP contribution is 2.28. The average molecular weight is 391 g/mol. The summed E-state index contributed by atoms with van der Waals surface area (Å²) >= 11 is 0. The number of carbonyl (C=O) groups excluding carboxylic acids is 1. The molecule has 1 aliphatic carbocycles. The zero-order valence-electron chi connectivity index (χ0n) is 14.7. The molecule has 0 bridgehead atoms. The molecule has 1 aromatic carbocycles. The molecule has 1 amide bonds. The summed E-state index contributed by atoms with van der Waals surface area (Å²) in [5.74, 6) is 0.511. The van der Waals surface area contributed by atoms with Crippen LogP contribution in [0.25, 0.3) is 0 Å². The van der Waals surface area contributed by atoms with Gasteiger partial charge in [-0.2, -0.15) is 0 Å². The number of amides is 1. The minimum Gasteiger partial charge on any atom is -0.493 e. The van der Waals surface area contributed by atoms with Gasteiger partial charge in [-0.15, -0.1) is 12.4 Å². The van der Waals surface area contributed by atoms with E-state index >= 15 is 0 Å². The van der Waals surface area contributed by atoms with Crippen LogP contribution in [-0.4, -0.2) is 51.2 Å². The fraction of sp³-hybridized carbons (Fsp3) is 0.588. The highest BCUT2D eigenvalue weighted by molar-refractivity contribution is 7.90. The first kappa shape index (κ1) is 21.7. The van der Waals surface area contributed by atoms with Crippen molar-refractivity contribution in [1.82, 2.24) is 4.90 Å². The first-order valence-corrected chi connectivity index (χ1v) is 10.1. The average Bonchev–Trinajstić information content (AvgIpc) is 2.98. The summed E-state index contributed by atoms with van der Waals surface area (Å²) in [6.07, 6.45) is 5.35. The number of nitrogens with two attached hydrogens (primary N) is 1. The highest BCUT2D eigenvalue weighted by Gasteiger charge is 2.38. The predicted octanol–water partition coefficient (Wildman–Crippen LogP) is 2.01. The zero-order valence-corrected chi connectivity index (χ0v) is 16.4. The van der Waals surface area contributed by atoms with Gasteiger partial charge in [-0.05, 0) is 37.5 Å². The number of hydrogen-bond donors (Lipinski definition) is 1. The van der Waals surface area contributed by atoms with Gasteiger partial charge in [0.15, 0.2) is 9.84 Å². The molecule has 25 heavy (non-hydrogen) atoms. The van der Waals surface area contributed by atoms with Crippen LogP contribution in [0.3, 0.4) is 0 Å². The van der Waals surface area contributed by atoms with Gasteiger partial charge in [-0.25, -0.2) is 8.42 Å². The molecule has 1 aromatic rings. The van der Waals surface area contributed by atoms with E-state index in [2.05, 4.69) is 0 Å². The van der Waals surface area contributed by atoms with Gasteiger partial charge in [0.05, 0.1) is 17.0 Å². The van der Waals surface area contributed by atoms with Gasteiger partial charge >= 0.3 is 0 Å². The van der Waals surface area contributed by atoms with Gasteiger partial charge in [-0.3, -0.25) is 4.79 Å². The standard InChI is InChI=1S/C17H26N2O4S.ClH/c1-19(16(20)17(18)9-3-4-10-17)11-6-12-23-14-7-5-8-15(13-14)24(2,21)22;/h5,7-8,13H,3-4,6,9-12,18H2,1-2H3;1H. The lowest BCUT2D eigenvalue weighted by Gasteiger charge is -2.28. The third-order valence-corrected chi connectivity index (χ3v) is 5.52. The van der Waals surface area contributed by atoms with Crippen LogP contribution >= 0.6 is 12.4 Å². The maximum Gasteiger partial charge on any atom is 0.242 e. The van der Waals surface area contributed by atoms with Crippen molar-refractivity contribution in [2.24, 2.45) is 5.73 Å². The van der Waals surface area contributed by atoms with Crippen LogP contribution in [0.15, 0.2) is 29.2 Å². The number of ether oxygens (including phenoxy) is 1. The summed E-state index contributed by atoms with van der Waals surface area (Å²) in [6.45, 7) is 0.964. The molecule has 2 N–H and O–H groups in total. The summed E-state index contributed by atoms with van der Waals surface area (Å²) < 4.78 is 28.6. The summed E-state index contributed by atoms with van der Waals surface area (Å²) in [4.78, 5) is 14.3. The lowest BCUT2D eigenvalue weighted by Crippen LogP contribution is -2.52. The smallest absolute Gasteiger partial charge is 0.242 e. The largest absolute Gasteiger partial charge is 0.493 e. The molecule has 6 nitrogen and oxygen atoms in total. The molecule has 0 atom stereocenters. The van der Waals surface area contributed by atoms with Gasteiger partial charge in [0.1, 0.15) is 5.75 Å². The third kappa shape index (κ3) is 5.87. The predicted molar refractivity (Wildman–Crippen MR) is 99.9 cm³/mol. The van der Waals surface area contributed by atoms with Gasteiger partial charge < -0.3 is 15.4 Å². The summed E-state index contributed by atoms with van der Waals surface area (Å²) in [6, 6.07) is 6.42. The van der Waals surface area contributed by atoms with E-state index in [0.29, 0.717) is 25.3 Å². The van der Waals surface area contributed by atoms with Crippen LogP contribution in [0, 0.1) is 0 Å². The molecular weight excluding hydrogens is 364 g/mol. The Kier molecular flexibility index (Phi) is 7.71. The van der Waals surface area contributed by atoms with E-state index in [1.165, 1.54) is 18.4 Å². The normalized spacial score (nSPS) is 16.1. The van der Waals surface area contributed by atoms with Crippen molar-refractivity contribution in [2.75, 3.05) is 26.5 Å². The van der Waals surface area contributed by atoms with Crippen molar-refractivity contribution in [3.63, 3.8) is 0 Å². The Labute approximate surface area is 156 Å². The molecule has 8 heteroatoms. The number of nitrogens with zero attached hydrogens (tertiary/aromatic N) is 1. The van der Waals surface area contributed by atoms with Crippen molar-refractivity contribution < 1.29 is 17.9 Å². The second kappa shape index (κ2) is 8.87. The molecule has 1 saturated carbocycles. The Hall–Kier alpha value is -1.31. The van der Waals surface area contributed by atoms with E-state index < -0.39 is 15.4 Å². The molecule has 0 aromatic heterocycles. The van der Waals surface area contributed by atoms with Crippen molar-refractivity contribution in [3.8, 4) is 5.75 Å². The molecule has 0 saturated heterocycles. The van der Waals surface area contributed by atoms with E-state index in [1.807, 2.05) is 0 Å². The molecule has 0 radical (unpaired) electrons. The molecule has 0 unspecified atom stereocenters. The highest BCUT2D eigenvalue weighted by atomic mass is 35.5. The minimum absolute atomic E-state index is 0. The van der Waals surface area contributed by atoms with E-state index in [0.717, 1.165) is 25.7 Å². The monoisotopic (exact) mass is 390 g/mol. The van der Waals surface area contributed by atoms with Crippen molar-refractivity contribution >= 4 is 28.2 Å². The fourth-order valence-electron chi connectivity index (χ4n) is 2.99. The van der Waals surface area contributed by atoms with E-state index in [-0.39, 0.29) is 23.2 Å².